The first kappa shape index (κ1) is 19.3. The Morgan fingerprint density at radius 1 is 1.21 bits per heavy atom. The predicted octanol–water partition coefficient (Wildman–Crippen LogP) is 3.87. The molecule has 10 heteroatoms. The molecule has 0 bridgehead atoms. The molecule has 0 unspecified atom stereocenters. The van der Waals surface area contributed by atoms with Gasteiger partial charge in [0.25, 0.3) is 0 Å². The summed E-state index contributed by atoms with van der Waals surface area (Å²) in [6.45, 7) is 0.188. The molecule has 0 fully saturated rings. The number of para-hydroxylation sites is 1. The summed E-state index contributed by atoms with van der Waals surface area (Å²) in [5.74, 6) is 0.836. The Morgan fingerprint density at radius 3 is 2.79 bits per heavy atom. The van der Waals surface area contributed by atoms with Gasteiger partial charge >= 0.3 is 0 Å². The zero-order valence-electron chi connectivity index (χ0n) is 15.3. The van der Waals surface area contributed by atoms with Gasteiger partial charge in [0.2, 0.25) is 5.91 Å². The molecule has 29 heavy (non-hydrogen) atoms. The first-order valence-electron chi connectivity index (χ1n) is 8.63. The van der Waals surface area contributed by atoms with Crippen molar-refractivity contribution < 1.29 is 13.9 Å². The van der Waals surface area contributed by atoms with Gasteiger partial charge < -0.3 is 14.6 Å². The summed E-state index contributed by atoms with van der Waals surface area (Å²) >= 11 is 2.71. The summed E-state index contributed by atoms with van der Waals surface area (Å²) in [5.41, 5.74) is 0.861. The summed E-state index contributed by atoms with van der Waals surface area (Å²) in [6.07, 6.45) is 0. The molecule has 0 aliphatic heterocycles. The number of aromatic nitrogens is 4. The van der Waals surface area contributed by atoms with Crippen molar-refractivity contribution in [3.05, 3.63) is 60.2 Å². The fourth-order valence-corrected chi connectivity index (χ4v) is 4.10. The average molecular weight is 430 g/mol. The highest BCUT2D eigenvalue weighted by Gasteiger charge is 2.13. The molecule has 2 aromatic heterocycles. The summed E-state index contributed by atoms with van der Waals surface area (Å²) < 4.78 is 21.3. The molecule has 1 amide bonds. The van der Waals surface area contributed by atoms with Crippen molar-refractivity contribution in [1.82, 2.24) is 19.7 Å². The molecule has 2 heterocycles. The fraction of sp³-hybridized carbons (Fsp3) is 0.158. The molecule has 0 saturated carbocycles. The Morgan fingerprint density at radius 2 is 2.00 bits per heavy atom. The second-order valence-electron chi connectivity index (χ2n) is 6.02. The quantitative estimate of drug-likeness (QED) is 0.449. The number of hydrogen-bond acceptors (Lipinski definition) is 7. The number of rotatable bonds is 7. The SMILES string of the molecule is Cn1c(COc2ccc(F)cc2)nnc1SCC(=O)Nc1nc2ccccc2s1. The molecule has 7 nitrogen and oxygen atoms in total. The van der Waals surface area contributed by atoms with Crippen molar-refractivity contribution in [2.75, 3.05) is 11.1 Å². The van der Waals surface area contributed by atoms with Crippen LogP contribution in [-0.4, -0.2) is 31.4 Å². The van der Waals surface area contributed by atoms with Crippen molar-refractivity contribution in [3.8, 4) is 5.75 Å². The number of thioether (sulfide) groups is 1. The number of nitrogens with zero attached hydrogens (tertiary/aromatic N) is 4. The van der Waals surface area contributed by atoms with E-state index < -0.39 is 0 Å². The topological polar surface area (TPSA) is 81.9 Å². The van der Waals surface area contributed by atoms with Gasteiger partial charge in [-0.25, -0.2) is 9.37 Å². The summed E-state index contributed by atoms with van der Waals surface area (Å²) in [5, 5.41) is 12.2. The van der Waals surface area contributed by atoms with Crippen molar-refractivity contribution >= 4 is 44.4 Å². The van der Waals surface area contributed by atoms with Gasteiger partial charge in [-0.15, -0.1) is 10.2 Å². The highest BCUT2D eigenvalue weighted by atomic mass is 32.2. The van der Waals surface area contributed by atoms with Crippen LogP contribution in [0.3, 0.4) is 0 Å². The van der Waals surface area contributed by atoms with Crippen LogP contribution in [0, 0.1) is 5.82 Å². The highest BCUT2D eigenvalue weighted by molar-refractivity contribution is 7.99. The molecule has 0 aliphatic carbocycles. The minimum Gasteiger partial charge on any atom is -0.486 e. The minimum atomic E-state index is -0.321. The lowest BCUT2D eigenvalue weighted by atomic mass is 10.3. The van der Waals surface area contributed by atoms with Crippen molar-refractivity contribution in [1.29, 1.82) is 0 Å². The van der Waals surface area contributed by atoms with Crippen LogP contribution in [0.5, 0.6) is 5.75 Å². The Bertz CT molecular complexity index is 1110. The second kappa shape index (κ2) is 8.58. The smallest absolute Gasteiger partial charge is 0.236 e. The maximum Gasteiger partial charge on any atom is 0.236 e. The zero-order chi connectivity index (χ0) is 20.2. The molecule has 148 valence electrons. The number of carbonyl (C=O) groups is 1. The van der Waals surface area contributed by atoms with Gasteiger partial charge in [-0.05, 0) is 36.4 Å². The van der Waals surface area contributed by atoms with Gasteiger partial charge in [0, 0.05) is 7.05 Å². The lowest BCUT2D eigenvalue weighted by molar-refractivity contribution is -0.113. The van der Waals surface area contributed by atoms with E-state index >= 15 is 0 Å². The van der Waals surface area contributed by atoms with E-state index in [1.165, 1.54) is 35.2 Å². The Kier molecular flexibility index (Phi) is 5.72. The monoisotopic (exact) mass is 429 g/mol. The number of fused-ring (bicyclic) bond motifs is 1. The third-order valence-corrected chi connectivity index (χ3v) is 5.95. The maximum atomic E-state index is 12.9. The average Bonchev–Trinajstić information content (AvgIpc) is 3.28. The van der Waals surface area contributed by atoms with Crippen molar-refractivity contribution in [2.24, 2.45) is 7.05 Å². The minimum absolute atomic E-state index is 0.166. The van der Waals surface area contributed by atoms with E-state index in [1.807, 2.05) is 24.3 Å². The molecule has 1 N–H and O–H groups in total. The number of amides is 1. The molecule has 0 spiro atoms. The van der Waals surface area contributed by atoms with Crippen LogP contribution in [-0.2, 0) is 18.4 Å². The molecular formula is C19H16FN5O2S2. The van der Waals surface area contributed by atoms with Gasteiger partial charge in [0.05, 0.1) is 16.0 Å². The first-order valence-corrected chi connectivity index (χ1v) is 10.4. The molecule has 4 aromatic rings. The standard InChI is InChI=1S/C19H16FN5O2S2/c1-25-16(10-27-13-8-6-12(20)7-9-13)23-24-19(25)28-11-17(26)22-18-21-14-4-2-3-5-15(14)29-18/h2-9H,10-11H2,1H3,(H,21,22,26). The van der Waals surface area contributed by atoms with Crippen LogP contribution in [0.15, 0.2) is 53.7 Å². The molecular weight excluding hydrogens is 413 g/mol. The molecule has 0 aliphatic rings. The van der Waals surface area contributed by atoms with Gasteiger partial charge in [-0.3, -0.25) is 4.79 Å². The van der Waals surface area contributed by atoms with E-state index in [9.17, 15) is 9.18 Å². The number of hydrogen-bond donors (Lipinski definition) is 1. The van der Waals surface area contributed by atoms with Crippen molar-refractivity contribution in [3.63, 3.8) is 0 Å². The van der Waals surface area contributed by atoms with Gasteiger partial charge in [-0.1, -0.05) is 35.2 Å². The van der Waals surface area contributed by atoms with Crippen LogP contribution in [0.25, 0.3) is 10.2 Å². The van der Waals surface area contributed by atoms with E-state index in [0.29, 0.717) is 21.9 Å². The van der Waals surface area contributed by atoms with E-state index in [0.717, 1.165) is 10.2 Å². The second-order valence-corrected chi connectivity index (χ2v) is 8.00. The van der Waals surface area contributed by atoms with E-state index in [2.05, 4.69) is 20.5 Å². The molecule has 0 atom stereocenters. The number of thiazole rings is 1. The number of ether oxygens (including phenoxy) is 1. The number of anilines is 1. The number of halogens is 1. The first-order chi connectivity index (χ1) is 14.1. The zero-order valence-corrected chi connectivity index (χ0v) is 17.0. The summed E-state index contributed by atoms with van der Waals surface area (Å²) in [4.78, 5) is 16.6. The molecule has 0 saturated heterocycles. The summed E-state index contributed by atoms with van der Waals surface area (Å²) in [7, 11) is 1.80. The van der Waals surface area contributed by atoms with Crippen LogP contribution < -0.4 is 10.1 Å². The van der Waals surface area contributed by atoms with Crippen LogP contribution >= 0.6 is 23.1 Å². The van der Waals surface area contributed by atoms with Crippen LogP contribution in [0.2, 0.25) is 0 Å². The predicted molar refractivity (Wildman–Crippen MR) is 111 cm³/mol. The van der Waals surface area contributed by atoms with Crippen LogP contribution in [0.1, 0.15) is 5.82 Å². The van der Waals surface area contributed by atoms with Gasteiger partial charge in [0.1, 0.15) is 18.2 Å². The Hall–Kier alpha value is -2.98. The third kappa shape index (κ3) is 4.72. The lowest BCUT2D eigenvalue weighted by Crippen LogP contribution is -2.14. The lowest BCUT2D eigenvalue weighted by Gasteiger charge is -2.06. The Balaban J connectivity index is 1.31. The molecule has 0 radical (unpaired) electrons. The van der Waals surface area contributed by atoms with E-state index in [4.69, 9.17) is 4.74 Å². The van der Waals surface area contributed by atoms with Crippen molar-refractivity contribution in [2.45, 2.75) is 11.8 Å². The number of nitrogens with one attached hydrogen (secondary N) is 1. The van der Waals surface area contributed by atoms with E-state index in [1.54, 1.807) is 23.7 Å². The largest absolute Gasteiger partial charge is 0.486 e. The summed E-state index contributed by atoms with van der Waals surface area (Å²) in [6, 6.07) is 13.5. The number of carbonyl (C=O) groups excluding carboxylic acids is 1. The molecule has 2 aromatic carbocycles. The maximum absolute atomic E-state index is 12.9. The Labute approximate surface area is 173 Å². The normalized spacial score (nSPS) is 11.0. The number of benzene rings is 2. The van der Waals surface area contributed by atoms with Gasteiger partial charge in [-0.2, -0.15) is 0 Å². The highest BCUT2D eigenvalue weighted by Crippen LogP contribution is 2.26. The van der Waals surface area contributed by atoms with Gasteiger partial charge in [0.15, 0.2) is 16.1 Å². The van der Waals surface area contributed by atoms with Crippen LogP contribution in [0.4, 0.5) is 9.52 Å². The fourth-order valence-electron chi connectivity index (χ4n) is 2.49. The third-order valence-electron chi connectivity index (χ3n) is 3.98. The van der Waals surface area contributed by atoms with E-state index in [-0.39, 0.29) is 24.1 Å². The molecule has 4 rings (SSSR count).